The van der Waals surface area contributed by atoms with Crippen LogP contribution in [0.1, 0.15) is 52.9 Å². The molecule has 0 unspecified atom stereocenters. The van der Waals surface area contributed by atoms with Crippen LogP contribution < -0.4 is 0 Å². The maximum Gasteiger partial charge on any atom is 0.302 e. The van der Waals surface area contributed by atoms with Crippen LogP contribution in [0.4, 0.5) is 0 Å². The lowest BCUT2D eigenvalue weighted by molar-refractivity contribution is -0.380. The number of hydrogen-bond acceptors (Lipinski definition) is 8. The lowest BCUT2D eigenvalue weighted by Gasteiger charge is -2.69. The van der Waals surface area contributed by atoms with E-state index in [2.05, 4.69) is 13.8 Å². The maximum absolute atomic E-state index is 12.2. The van der Waals surface area contributed by atoms with Crippen LogP contribution in [0.15, 0.2) is 0 Å². The molecule has 12 atom stereocenters. The Morgan fingerprint density at radius 1 is 1.03 bits per heavy atom. The number of carbonyl (C=O) groups is 1. The Bertz CT molecular complexity index is 770. The fourth-order valence-electron chi connectivity index (χ4n) is 8.39. The summed E-state index contributed by atoms with van der Waals surface area (Å²) in [7, 11) is 3.38. The highest BCUT2D eigenvalue weighted by Crippen LogP contribution is 2.74. The Morgan fingerprint density at radius 3 is 2.44 bits per heavy atom. The molecular formula is C24H36O8. The molecule has 0 aromatic heterocycles. The van der Waals surface area contributed by atoms with E-state index in [0.29, 0.717) is 12.5 Å². The van der Waals surface area contributed by atoms with Crippen LogP contribution in [-0.4, -0.2) is 69.6 Å². The van der Waals surface area contributed by atoms with Gasteiger partial charge < -0.3 is 33.2 Å². The van der Waals surface area contributed by atoms with E-state index >= 15 is 0 Å². The van der Waals surface area contributed by atoms with Crippen LogP contribution in [0, 0.1) is 28.6 Å². The van der Waals surface area contributed by atoms with Gasteiger partial charge in [-0.25, -0.2) is 0 Å². The van der Waals surface area contributed by atoms with Gasteiger partial charge in [0.2, 0.25) is 0 Å². The van der Waals surface area contributed by atoms with Crippen molar-refractivity contribution in [2.45, 2.75) is 95.7 Å². The molecular weight excluding hydrogens is 416 g/mol. The third-order valence-electron chi connectivity index (χ3n) is 9.99. The molecule has 7 rings (SSSR count). The number of esters is 1. The summed E-state index contributed by atoms with van der Waals surface area (Å²) in [5, 5.41) is 0. The number of epoxide rings is 1. The van der Waals surface area contributed by atoms with E-state index < -0.39 is 11.7 Å². The average molecular weight is 453 g/mol. The molecule has 8 heteroatoms. The summed E-state index contributed by atoms with van der Waals surface area (Å²) in [5.41, 5.74) is -1.04. The Hall–Kier alpha value is -0.770. The molecule has 0 aromatic carbocycles. The highest BCUT2D eigenvalue weighted by atomic mass is 16.8. The number of rotatable bonds is 4. The van der Waals surface area contributed by atoms with Crippen molar-refractivity contribution in [2.75, 3.05) is 20.8 Å². The second-order valence-corrected chi connectivity index (χ2v) is 11.2. The Kier molecular flexibility index (Phi) is 4.84. The molecule has 2 saturated carbocycles. The van der Waals surface area contributed by atoms with E-state index in [0.717, 1.165) is 32.1 Å². The molecule has 7 fully saturated rings. The zero-order valence-corrected chi connectivity index (χ0v) is 19.7. The zero-order chi connectivity index (χ0) is 22.5. The van der Waals surface area contributed by atoms with Gasteiger partial charge in [0.05, 0.1) is 24.2 Å². The van der Waals surface area contributed by atoms with Crippen molar-refractivity contribution < 1.29 is 38.0 Å². The van der Waals surface area contributed by atoms with E-state index in [1.54, 1.807) is 14.2 Å². The number of fused-ring (bicyclic) bond motifs is 2. The number of methoxy groups -OCH3 is 2. The van der Waals surface area contributed by atoms with Crippen molar-refractivity contribution in [1.29, 1.82) is 0 Å². The Balaban J connectivity index is 1.41. The first-order valence-corrected chi connectivity index (χ1v) is 12.1. The van der Waals surface area contributed by atoms with Crippen molar-refractivity contribution in [3.05, 3.63) is 0 Å². The molecule has 0 amide bonds. The van der Waals surface area contributed by atoms with Crippen molar-refractivity contribution >= 4 is 5.97 Å². The van der Waals surface area contributed by atoms with Gasteiger partial charge in [0.25, 0.3) is 0 Å². The predicted octanol–water partition coefficient (Wildman–Crippen LogP) is 2.62. The normalized spacial score (nSPS) is 58.0. The van der Waals surface area contributed by atoms with Gasteiger partial charge in [-0.2, -0.15) is 0 Å². The molecule has 5 heterocycles. The largest absolute Gasteiger partial charge is 0.462 e. The second-order valence-electron chi connectivity index (χ2n) is 11.2. The summed E-state index contributed by atoms with van der Waals surface area (Å²) < 4.78 is 42.7. The lowest BCUT2D eigenvalue weighted by atomic mass is 9.40. The van der Waals surface area contributed by atoms with Crippen molar-refractivity contribution in [3.8, 4) is 0 Å². The van der Waals surface area contributed by atoms with Gasteiger partial charge in [-0.3, -0.25) is 4.79 Å². The molecule has 2 bridgehead atoms. The highest BCUT2D eigenvalue weighted by Gasteiger charge is 2.82. The summed E-state index contributed by atoms with van der Waals surface area (Å²) in [4.78, 5) is 12.2. The highest BCUT2D eigenvalue weighted by molar-refractivity contribution is 5.66. The molecule has 0 N–H and O–H groups in total. The lowest BCUT2D eigenvalue weighted by Crippen LogP contribution is -2.76. The van der Waals surface area contributed by atoms with Crippen molar-refractivity contribution in [1.82, 2.24) is 0 Å². The van der Waals surface area contributed by atoms with Crippen LogP contribution >= 0.6 is 0 Å². The first kappa shape index (κ1) is 21.7. The van der Waals surface area contributed by atoms with Gasteiger partial charge in [-0.15, -0.1) is 0 Å². The van der Waals surface area contributed by atoms with E-state index in [1.165, 1.54) is 6.92 Å². The van der Waals surface area contributed by atoms with E-state index in [4.69, 9.17) is 33.2 Å². The molecule has 5 aliphatic heterocycles. The zero-order valence-electron chi connectivity index (χ0n) is 19.7. The number of hydrogen-bond donors (Lipinski definition) is 0. The fourth-order valence-corrected chi connectivity index (χ4v) is 8.39. The standard InChI is InChI=1S/C24H36O8/c1-12-6-18(29-13(2)25)24-16(9-15(30-21(24)27-5)10-23(24)11-28-23)22(12,3)17-7-14-8-19(26-4)32-20(14)31-17/h12,14-21H,6-11H2,1-5H3/t12-,14+,15-,16-,17+,18+,19-,20-,21-,22+,23+,24+/m1/s1. The molecule has 180 valence electrons. The van der Waals surface area contributed by atoms with E-state index in [-0.39, 0.29) is 59.7 Å². The van der Waals surface area contributed by atoms with Crippen LogP contribution in [0.2, 0.25) is 0 Å². The first-order valence-electron chi connectivity index (χ1n) is 12.1. The summed E-state index contributed by atoms with van der Waals surface area (Å²) in [6.07, 6.45) is 3.26. The maximum atomic E-state index is 12.2. The topological polar surface area (TPSA) is 85.0 Å². The molecule has 2 spiro atoms. The van der Waals surface area contributed by atoms with Gasteiger partial charge in [0.15, 0.2) is 18.9 Å². The van der Waals surface area contributed by atoms with Gasteiger partial charge in [-0.05, 0) is 31.1 Å². The summed E-state index contributed by atoms with van der Waals surface area (Å²) >= 11 is 0. The smallest absolute Gasteiger partial charge is 0.302 e. The van der Waals surface area contributed by atoms with Crippen LogP contribution in [0.3, 0.4) is 0 Å². The second kappa shape index (κ2) is 7.12. The van der Waals surface area contributed by atoms with Crippen molar-refractivity contribution in [3.63, 3.8) is 0 Å². The fraction of sp³-hybridized carbons (Fsp3) is 0.958. The van der Waals surface area contributed by atoms with Crippen LogP contribution in [-0.2, 0) is 38.0 Å². The van der Waals surface area contributed by atoms with Gasteiger partial charge in [-0.1, -0.05) is 13.8 Å². The number of ether oxygens (including phenoxy) is 7. The van der Waals surface area contributed by atoms with Gasteiger partial charge >= 0.3 is 5.97 Å². The van der Waals surface area contributed by atoms with Gasteiger partial charge in [0, 0.05) is 45.3 Å². The molecule has 0 radical (unpaired) electrons. The minimum atomic E-state index is -0.541. The first-order chi connectivity index (χ1) is 15.3. The Morgan fingerprint density at radius 2 is 1.81 bits per heavy atom. The summed E-state index contributed by atoms with van der Waals surface area (Å²) in [5.74, 6) is 0.558. The number of carbonyl (C=O) groups excluding carboxylic acids is 1. The third-order valence-corrected chi connectivity index (χ3v) is 9.99. The molecule has 2 aliphatic carbocycles. The van der Waals surface area contributed by atoms with E-state index in [9.17, 15) is 4.79 Å². The van der Waals surface area contributed by atoms with Crippen molar-refractivity contribution in [2.24, 2.45) is 28.6 Å². The van der Waals surface area contributed by atoms with Crippen LogP contribution in [0.5, 0.6) is 0 Å². The molecule has 32 heavy (non-hydrogen) atoms. The summed E-state index contributed by atoms with van der Waals surface area (Å²) in [6.45, 7) is 6.81. The molecule has 5 saturated heterocycles. The summed E-state index contributed by atoms with van der Waals surface area (Å²) in [6, 6.07) is 0. The monoisotopic (exact) mass is 452 g/mol. The average Bonchev–Trinajstić information content (AvgIpc) is 3.22. The quantitative estimate of drug-likeness (QED) is 0.475. The third kappa shape index (κ3) is 2.62. The van der Waals surface area contributed by atoms with E-state index in [1.807, 2.05) is 0 Å². The molecule has 7 aliphatic rings. The minimum absolute atomic E-state index is 0.0538. The predicted molar refractivity (Wildman–Crippen MR) is 110 cm³/mol. The van der Waals surface area contributed by atoms with Gasteiger partial charge in [0.1, 0.15) is 11.7 Å². The van der Waals surface area contributed by atoms with Crippen LogP contribution in [0.25, 0.3) is 0 Å². The minimum Gasteiger partial charge on any atom is -0.462 e. The molecule has 0 aromatic rings. The SMILES string of the molecule is CO[C@H]1C[C@@H]2C[C@@H]([C@@]3(C)[C@H](C)C[C@H](OC(C)=O)[C@]45[C@H](OC)O[C@H](C[C@H]34)C[C@]53CO3)O[C@@H]2O1. The molecule has 8 nitrogen and oxygen atoms in total. The Labute approximate surface area is 189 Å².